The number of cyclic esters (lactones) is 1. The molecule has 0 radical (unpaired) electrons. The summed E-state index contributed by atoms with van der Waals surface area (Å²) in [7, 11) is 0. The van der Waals surface area contributed by atoms with Gasteiger partial charge < -0.3 is 4.74 Å². The number of ether oxygens (including phenoxy) is 1. The van der Waals surface area contributed by atoms with Gasteiger partial charge in [0.15, 0.2) is 0 Å². The number of hydrogen-bond acceptors (Lipinski definition) is 2. The van der Waals surface area contributed by atoms with E-state index in [4.69, 9.17) is 4.74 Å². The van der Waals surface area contributed by atoms with E-state index in [1.165, 1.54) is 0 Å². The second kappa shape index (κ2) is 3.92. The molecule has 0 aromatic rings. The van der Waals surface area contributed by atoms with Crippen LogP contribution >= 0.6 is 0 Å². The molecule has 0 bridgehead atoms. The van der Waals surface area contributed by atoms with Crippen LogP contribution in [0.5, 0.6) is 0 Å². The number of carbonyl (C=O) groups excluding carboxylic acids is 1. The van der Waals surface area contributed by atoms with Gasteiger partial charge in [0.2, 0.25) is 0 Å². The maximum absolute atomic E-state index is 11.2. The van der Waals surface area contributed by atoms with E-state index >= 15 is 0 Å². The van der Waals surface area contributed by atoms with Crippen LogP contribution in [0.3, 0.4) is 0 Å². The van der Waals surface area contributed by atoms with Gasteiger partial charge in [-0.05, 0) is 31.6 Å². The van der Waals surface area contributed by atoms with Crippen molar-refractivity contribution in [3.05, 3.63) is 0 Å². The Kier molecular flexibility index (Phi) is 3.12. The molecule has 1 aliphatic heterocycles. The highest BCUT2D eigenvalue weighted by molar-refractivity contribution is 5.70. The molecule has 0 saturated carbocycles. The largest absolute Gasteiger partial charge is 0.463 e. The van der Waals surface area contributed by atoms with Crippen LogP contribution in [0.1, 0.15) is 40.0 Å². The van der Waals surface area contributed by atoms with Crippen molar-refractivity contribution in [2.75, 3.05) is 0 Å². The van der Waals surface area contributed by atoms with E-state index < -0.39 is 0 Å². The third-order valence-electron chi connectivity index (χ3n) is 2.65. The van der Waals surface area contributed by atoms with Crippen LogP contribution in [0, 0.1) is 11.8 Å². The van der Waals surface area contributed by atoms with E-state index in [0.717, 1.165) is 12.8 Å². The predicted molar refractivity (Wildman–Crippen MR) is 47.7 cm³/mol. The molecule has 1 heterocycles. The van der Waals surface area contributed by atoms with Gasteiger partial charge in [0, 0.05) is 6.42 Å². The van der Waals surface area contributed by atoms with E-state index in [0.29, 0.717) is 18.3 Å². The summed E-state index contributed by atoms with van der Waals surface area (Å²) in [6.07, 6.45) is 2.89. The van der Waals surface area contributed by atoms with Crippen molar-refractivity contribution in [3.8, 4) is 0 Å². The summed E-state index contributed by atoms with van der Waals surface area (Å²) in [5, 5.41) is 0. The van der Waals surface area contributed by atoms with E-state index in [1.807, 2.05) is 6.92 Å². The summed E-state index contributed by atoms with van der Waals surface area (Å²) in [6.45, 7) is 6.32. The predicted octanol–water partition coefficient (Wildman–Crippen LogP) is 2.37. The van der Waals surface area contributed by atoms with E-state index in [2.05, 4.69) is 13.8 Å². The molecule has 1 fully saturated rings. The highest BCUT2D eigenvalue weighted by atomic mass is 16.5. The van der Waals surface area contributed by atoms with E-state index in [-0.39, 0.29) is 12.1 Å². The first-order valence-corrected chi connectivity index (χ1v) is 4.79. The molecule has 0 aromatic heterocycles. The molecule has 70 valence electrons. The molecule has 0 spiro atoms. The van der Waals surface area contributed by atoms with Gasteiger partial charge in [0.1, 0.15) is 0 Å². The number of hydrogen-bond donors (Lipinski definition) is 0. The molecule has 12 heavy (non-hydrogen) atoms. The Labute approximate surface area is 74.3 Å². The molecule has 2 heteroatoms. The van der Waals surface area contributed by atoms with Crippen molar-refractivity contribution >= 4 is 5.97 Å². The topological polar surface area (TPSA) is 26.3 Å². The zero-order valence-electron chi connectivity index (χ0n) is 8.17. The van der Waals surface area contributed by atoms with Gasteiger partial charge in [0.05, 0.1) is 6.10 Å². The normalized spacial score (nSPS) is 31.5. The Bertz CT molecular complexity index is 163. The van der Waals surface area contributed by atoms with Gasteiger partial charge >= 0.3 is 5.97 Å². The fourth-order valence-corrected chi connectivity index (χ4v) is 1.67. The second-order valence-electron chi connectivity index (χ2n) is 4.09. The maximum Gasteiger partial charge on any atom is 0.306 e. The van der Waals surface area contributed by atoms with Crippen LogP contribution in [0.4, 0.5) is 0 Å². The van der Waals surface area contributed by atoms with Crippen molar-refractivity contribution in [2.45, 2.75) is 46.1 Å². The average Bonchev–Trinajstić information content (AvgIpc) is 2.11. The summed E-state index contributed by atoms with van der Waals surface area (Å²) >= 11 is 0. The first-order chi connectivity index (χ1) is 5.59. The quantitative estimate of drug-likeness (QED) is 0.565. The molecule has 0 aliphatic carbocycles. The van der Waals surface area contributed by atoms with Crippen molar-refractivity contribution in [2.24, 2.45) is 11.8 Å². The highest BCUT2D eigenvalue weighted by Crippen LogP contribution is 2.26. The molecule has 0 unspecified atom stereocenters. The first-order valence-electron chi connectivity index (χ1n) is 4.79. The number of esters is 1. The molecule has 1 rings (SSSR count). The van der Waals surface area contributed by atoms with Gasteiger partial charge in [-0.2, -0.15) is 0 Å². The van der Waals surface area contributed by atoms with Crippen LogP contribution in [0.25, 0.3) is 0 Å². The van der Waals surface area contributed by atoms with Crippen molar-refractivity contribution in [1.29, 1.82) is 0 Å². The zero-order chi connectivity index (χ0) is 9.14. The minimum absolute atomic E-state index is 0.0151. The molecular weight excluding hydrogens is 152 g/mol. The van der Waals surface area contributed by atoms with E-state index in [9.17, 15) is 4.79 Å². The van der Waals surface area contributed by atoms with Crippen molar-refractivity contribution in [3.63, 3.8) is 0 Å². The second-order valence-corrected chi connectivity index (χ2v) is 4.09. The van der Waals surface area contributed by atoms with Gasteiger partial charge in [-0.1, -0.05) is 13.8 Å². The van der Waals surface area contributed by atoms with Gasteiger partial charge in [-0.25, -0.2) is 0 Å². The van der Waals surface area contributed by atoms with Gasteiger partial charge in [-0.15, -0.1) is 0 Å². The molecule has 0 N–H and O–H groups in total. The van der Waals surface area contributed by atoms with E-state index in [1.54, 1.807) is 0 Å². The summed E-state index contributed by atoms with van der Waals surface area (Å²) in [6, 6.07) is 0. The van der Waals surface area contributed by atoms with Crippen LogP contribution in [0.15, 0.2) is 0 Å². The summed E-state index contributed by atoms with van der Waals surface area (Å²) in [4.78, 5) is 11.2. The first kappa shape index (κ1) is 9.56. The number of carbonyl (C=O) groups is 1. The Balaban J connectivity index is 2.52. The Morgan fingerprint density at radius 2 is 2.08 bits per heavy atom. The number of rotatable bonds is 1. The smallest absolute Gasteiger partial charge is 0.306 e. The lowest BCUT2D eigenvalue weighted by molar-refractivity contribution is -0.147. The Morgan fingerprint density at radius 3 is 2.67 bits per heavy atom. The monoisotopic (exact) mass is 170 g/mol. The van der Waals surface area contributed by atoms with Gasteiger partial charge in [0.25, 0.3) is 0 Å². The maximum atomic E-state index is 11.2. The average molecular weight is 170 g/mol. The van der Waals surface area contributed by atoms with Crippen molar-refractivity contribution in [1.82, 2.24) is 0 Å². The summed E-state index contributed by atoms with van der Waals surface area (Å²) < 4.78 is 5.15. The van der Waals surface area contributed by atoms with Crippen LogP contribution in [0.2, 0.25) is 0 Å². The highest BCUT2D eigenvalue weighted by Gasteiger charge is 2.24. The molecule has 2 atom stereocenters. The standard InChI is InChI=1S/C10H18O2/c1-7(2)9-5-4-8(3)12-10(11)6-9/h7-9H,4-6H2,1-3H3/t8-,9-/m1/s1. The minimum Gasteiger partial charge on any atom is -0.463 e. The summed E-state index contributed by atoms with van der Waals surface area (Å²) in [5.41, 5.74) is 0. The molecule has 1 aliphatic rings. The lowest BCUT2D eigenvalue weighted by atomic mass is 9.88. The SMILES string of the molecule is CC(C)[C@@H]1CC[C@@H](C)OC(=O)C1. The third-order valence-corrected chi connectivity index (χ3v) is 2.65. The lowest BCUT2D eigenvalue weighted by Gasteiger charge is -2.15. The third kappa shape index (κ3) is 2.50. The zero-order valence-corrected chi connectivity index (χ0v) is 8.17. The van der Waals surface area contributed by atoms with Gasteiger partial charge in [-0.3, -0.25) is 4.79 Å². The molecular formula is C10H18O2. The fourth-order valence-electron chi connectivity index (χ4n) is 1.67. The lowest BCUT2D eigenvalue weighted by Crippen LogP contribution is -2.13. The minimum atomic E-state index is -0.0151. The fraction of sp³-hybridized carbons (Fsp3) is 0.900. The molecule has 0 aromatic carbocycles. The molecule has 2 nitrogen and oxygen atoms in total. The van der Waals surface area contributed by atoms with Crippen LogP contribution in [-0.2, 0) is 9.53 Å². The Hall–Kier alpha value is -0.530. The molecule has 0 amide bonds. The van der Waals surface area contributed by atoms with Crippen molar-refractivity contribution < 1.29 is 9.53 Å². The summed E-state index contributed by atoms with van der Waals surface area (Å²) in [5.74, 6) is 1.11. The van der Waals surface area contributed by atoms with Crippen LogP contribution in [-0.4, -0.2) is 12.1 Å². The Morgan fingerprint density at radius 1 is 1.42 bits per heavy atom. The van der Waals surface area contributed by atoms with Crippen LogP contribution < -0.4 is 0 Å². The molecule has 1 saturated heterocycles.